The average molecular weight is 351 g/mol. The summed E-state index contributed by atoms with van der Waals surface area (Å²) in [6, 6.07) is 3.74. The summed E-state index contributed by atoms with van der Waals surface area (Å²) in [4.78, 5) is 34.8. The Balaban J connectivity index is 2.28. The summed E-state index contributed by atoms with van der Waals surface area (Å²) in [5, 5.41) is 11.7. The summed E-state index contributed by atoms with van der Waals surface area (Å²) >= 11 is 0. The first kappa shape index (κ1) is 15.7. The van der Waals surface area contributed by atoms with Crippen molar-refractivity contribution >= 4 is 27.8 Å². The highest BCUT2D eigenvalue weighted by atomic mass is 32.2. The van der Waals surface area contributed by atoms with Crippen molar-refractivity contribution in [2.24, 2.45) is 0 Å². The van der Waals surface area contributed by atoms with Crippen LogP contribution >= 0.6 is 0 Å². The van der Waals surface area contributed by atoms with E-state index in [1.807, 2.05) is 5.32 Å². The van der Waals surface area contributed by atoms with Crippen molar-refractivity contribution in [2.45, 2.75) is 4.90 Å². The Hall–Kier alpha value is -3.18. The maximum absolute atomic E-state index is 12.2. The Bertz CT molecular complexity index is 1090. The second kappa shape index (κ2) is 4.91. The van der Waals surface area contributed by atoms with Crippen LogP contribution < -0.4 is 16.6 Å². The Morgan fingerprint density at radius 2 is 1.75 bits per heavy atom. The number of aromatic nitrogens is 1. The molecule has 1 aromatic heterocycles. The Kier molecular flexibility index (Phi) is 3.21. The minimum absolute atomic E-state index is 0.0580. The van der Waals surface area contributed by atoms with Crippen LogP contribution in [0.5, 0.6) is 5.75 Å². The summed E-state index contributed by atoms with van der Waals surface area (Å²) in [5.74, 6) is -2.70. The number of nitrogens with zero attached hydrogens (tertiary/aromatic N) is 1. The van der Waals surface area contributed by atoms with Crippen LogP contribution in [0.1, 0.15) is 20.7 Å². The Labute approximate surface area is 133 Å². The molecule has 2 aromatic rings. The number of carbonyl (C=O) groups is 2. The van der Waals surface area contributed by atoms with E-state index >= 15 is 0 Å². The lowest BCUT2D eigenvalue weighted by Gasteiger charge is -2.12. The predicted octanol–water partition coefficient (Wildman–Crippen LogP) is -0.744. The minimum atomic E-state index is -4.66. The molecule has 1 aliphatic heterocycles. The molecule has 24 heavy (non-hydrogen) atoms. The number of nitrogens with two attached hydrogens (primary N) is 1. The number of fused-ring (bicyclic) bond motifs is 1. The summed E-state index contributed by atoms with van der Waals surface area (Å²) in [5.41, 5.74) is 4.60. The summed E-state index contributed by atoms with van der Waals surface area (Å²) in [7, 11) is -4.66. The van der Waals surface area contributed by atoms with E-state index in [9.17, 15) is 27.9 Å². The number of hydrogen-bond donors (Lipinski definition) is 4. The van der Waals surface area contributed by atoms with Crippen LogP contribution in [0.25, 0.3) is 5.69 Å². The smallest absolute Gasteiger partial charge is 0.298 e. The number of anilines is 1. The van der Waals surface area contributed by atoms with E-state index in [2.05, 4.69) is 0 Å². The second-order valence-corrected chi connectivity index (χ2v) is 6.29. The first-order chi connectivity index (χ1) is 11.1. The minimum Gasteiger partial charge on any atom is -0.506 e. The number of hydrogen-bond acceptors (Lipinski definition) is 7. The predicted molar refractivity (Wildman–Crippen MR) is 79.7 cm³/mol. The van der Waals surface area contributed by atoms with E-state index in [0.29, 0.717) is 0 Å². The monoisotopic (exact) mass is 351 g/mol. The van der Waals surface area contributed by atoms with Crippen LogP contribution in [0.4, 0.5) is 5.82 Å². The lowest BCUT2D eigenvalue weighted by Crippen LogP contribution is -2.24. The molecule has 2 heterocycles. The summed E-state index contributed by atoms with van der Waals surface area (Å²) in [6.07, 6.45) is 0. The molecule has 0 spiro atoms. The van der Waals surface area contributed by atoms with Crippen molar-refractivity contribution in [3.05, 3.63) is 45.7 Å². The van der Waals surface area contributed by atoms with Gasteiger partial charge in [-0.3, -0.25) is 28.8 Å². The van der Waals surface area contributed by atoms with Gasteiger partial charge in [-0.1, -0.05) is 0 Å². The highest BCUT2D eigenvalue weighted by molar-refractivity contribution is 7.86. The van der Waals surface area contributed by atoms with E-state index in [0.717, 1.165) is 28.8 Å². The fraction of sp³-hybridized carbons (Fsp3) is 0. The van der Waals surface area contributed by atoms with Crippen molar-refractivity contribution in [3.63, 3.8) is 0 Å². The number of nitrogens with one attached hydrogen (secondary N) is 1. The maximum atomic E-state index is 12.2. The van der Waals surface area contributed by atoms with Gasteiger partial charge in [0, 0.05) is 12.1 Å². The number of aromatic hydroxyl groups is 1. The molecule has 0 aliphatic carbocycles. The molecule has 0 radical (unpaired) electrons. The van der Waals surface area contributed by atoms with Gasteiger partial charge in [-0.05, 0) is 12.1 Å². The zero-order valence-electron chi connectivity index (χ0n) is 11.7. The number of amides is 2. The van der Waals surface area contributed by atoms with Gasteiger partial charge < -0.3 is 10.8 Å². The largest absolute Gasteiger partial charge is 0.506 e. The number of pyridine rings is 1. The Morgan fingerprint density at radius 1 is 1.08 bits per heavy atom. The van der Waals surface area contributed by atoms with E-state index in [1.165, 1.54) is 0 Å². The normalized spacial score (nSPS) is 13.7. The molecule has 0 bridgehead atoms. The number of rotatable bonds is 2. The molecule has 1 aliphatic rings. The molecule has 3 rings (SSSR count). The zero-order chi connectivity index (χ0) is 17.8. The van der Waals surface area contributed by atoms with Gasteiger partial charge in [0.25, 0.3) is 27.5 Å². The van der Waals surface area contributed by atoms with Gasteiger partial charge >= 0.3 is 0 Å². The van der Waals surface area contributed by atoms with E-state index in [4.69, 9.17) is 10.3 Å². The topological polar surface area (TPSA) is 169 Å². The van der Waals surface area contributed by atoms with E-state index in [1.54, 1.807) is 0 Å². The van der Waals surface area contributed by atoms with Gasteiger partial charge in [0.15, 0.2) is 0 Å². The lowest BCUT2D eigenvalue weighted by molar-refractivity contribution is 0.0880. The zero-order valence-corrected chi connectivity index (χ0v) is 12.5. The van der Waals surface area contributed by atoms with Gasteiger partial charge in [0.1, 0.15) is 16.5 Å². The maximum Gasteiger partial charge on any atom is 0.298 e. The Morgan fingerprint density at radius 3 is 2.33 bits per heavy atom. The van der Waals surface area contributed by atoms with Gasteiger partial charge in [0.05, 0.1) is 16.8 Å². The highest BCUT2D eigenvalue weighted by Crippen LogP contribution is 2.28. The molecule has 0 saturated carbocycles. The molecule has 0 atom stereocenters. The number of phenols is 1. The van der Waals surface area contributed by atoms with Crippen LogP contribution in [-0.2, 0) is 10.1 Å². The second-order valence-electron chi connectivity index (χ2n) is 4.90. The van der Waals surface area contributed by atoms with Crippen molar-refractivity contribution < 1.29 is 27.7 Å². The molecule has 5 N–H and O–H groups in total. The van der Waals surface area contributed by atoms with Crippen molar-refractivity contribution in [1.29, 1.82) is 0 Å². The summed E-state index contributed by atoms with van der Waals surface area (Å²) in [6.45, 7) is 0. The fourth-order valence-corrected chi connectivity index (χ4v) is 2.97. The number of nitrogen functional groups attached to an aromatic ring is 1. The highest BCUT2D eigenvalue weighted by Gasteiger charge is 2.32. The first-order valence-electron chi connectivity index (χ1n) is 6.33. The third kappa shape index (κ3) is 2.23. The molecule has 1 aromatic carbocycles. The lowest BCUT2D eigenvalue weighted by atomic mass is 10.1. The number of imide groups is 1. The molecule has 0 fully saturated rings. The van der Waals surface area contributed by atoms with Crippen LogP contribution in [0, 0.1) is 0 Å². The quantitative estimate of drug-likeness (QED) is 0.405. The van der Waals surface area contributed by atoms with E-state index in [-0.39, 0.29) is 22.6 Å². The molecule has 0 unspecified atom stereocenters. The van der Waals surface area contributed by atoms with Gasteiger partial charge in [-0.15, -0.1) is 0 Å². The molecule has 10 nitrogen and oxygen atoms in total. The first-order valence-corrected chi connectivity index (χ1v) is 7.77. The van der Waals surface area contributed by atoms with Crippen molar-refractivity contribution in [1.82, 2.24) is 9.88 Å². The van der Waals surface area contributed by atoms with Crippen LogP contribution in [0.15, 0.2) is 34.0 Å². The third-order valence-electron chi connectivity index (χ3n) is 3.43. The average Bonchev–Trinajstić information content (AvgIpc) is 2.72. The van der Waals surface area contributed by atoms with Crippen molar-refractivity contribution in [3.8, 4) is 11.4 Å². The molecular formula is C13H9N3O7S. The summed E-state index contributed by atoms with van der Waals surface area (Å²) < 4.78 is 31.9. The standard InChI is InChI=1S/C13H9N3O7S/c14-11-10-6(12(19)15-13(10)20)4-9(18)16(11)5-1-2-8(7(17)3-5)24(21,22)23/h1-4,17H,14H2,(H,15,19,20)(H,21,22,23). The third-order valence-corrected chi connectivity index (χ3v) is 4.33. The van der Waals surface area contributed by atoms with Crippen molar-refractivity contribution in [2.75, 3.05) is 5.73 Å². The molecule has 11 heteroatoms. The van der Waals surface area contributed by atoms with E-state index < -0.39 is 38.1 Å². The van der Waals surface area contributed by atoms with Crippen LogP contribution in [0.3, 0.4) is 0 Å². The molecule has 124 valence electrons. The molecule has 2 amide bonds. The van der Waals surface area contributed by atoms with Crippen LogP contribution in [0.2, 0.25) is 0 Å². The van der Waals surface area contributed by atoms with Gasteiger partial charge in [-0.2, -0.15) is 8.42 Å². The number of benzene rings is 1. The fourth-order valence-electron chi connectivity index (χ4n) is 2.41. The number of carbonyl (C=O) groups excluding carboxylic acids is 2. The van der Waals surface area contributed by atoms with Gasteiger partial charge in [0.2, 0.25) is 0 Å². The van der Waals surface area contributed by atoms with Gasteiger partial charge in [-0.25, -0.2) is 0 Å². The SMILES string of the molecule is Nc1c2c(cc(=O)n1-c1ccc(S(=O)(=O)O)c(O)c1)C(=O)NC2=O. The molecular weight excluding hydrogens is 342 g/mol. The van der Waals surface area contributed by atoms with Crippen LogP contribution in [-0.4, -0.2) is 34.5 Å². The molecule has 0 saturated heterocycles. The number of phenolic OH excluding ortho intramolecular Hbond substituents is 1.